The lowest BCUT2D eigenvalue weighted by atomic mass is 10.2. The number of benzene rings is 2. The van der Waals surface area contributed by atoms with Crippen LogP contribution in [-0.2, 0) is 6.61 Å². The number of carbonyl (C=O) groups excluding carboxylic acids is 1. The van der Waals surface area contributed by atoms with Gasteiger partial charge in [-0.3, -0.25) is 4.79 Å². The summed E-state index contributed by atoms with van der Waals surface area (Å²) in [5.41, 5.74) is 2.60. The minimum absolute atomic E-state index is 0.102. The van der Waals surface area contributed by atoms with Crippen molar-refractivity contribution >= 4 is 17.2 Å². The van der Waals surface area contributed by atoms with Crippen LogP contribution in [-0.4, -0.2) is 42.0 Å². The highest BCUT2D eigenvalue weighted by molar-refractivity contribution is 7.13. The molecule has 1 aliphatic rings. The smallest absolute Gasteiger partial charge is 0.270 e. The van der Waals surface area contributed by atoms with Crippen molar-refractivity contribution in [2.45, 2.75) is 19.4 Å². The number of carbonyl (C=O) groups is 1. The molecule has 0 bridgehead atoms. The van der Waals surface area contributed by atoms with E-state index in [2.05, 4.69) is 15.2 Å². The summed E-state index contributed by atoms with van der Waals surface area (Å²) in [6.07, 6.45) is 2.53. The quantitative estimate of drug-likeness (QED) is 0.608. The van der Waals surface area contributed by atoms with E-state index in [1.807, 2.05) is 60.0 Å². The van der Waals surface area contributed by atoms with E-state index in [1.54, 1.807) is 0 Å². The lowest BCUT2D eigenvalue weighted by molar-refractivity contribution is 0.0945. The van der Waals surface area contributed by atoms with Crippen molar-refractivity contribution in [1.82, 2.24) is 15.2 Å². The number of ether oxygens (including phenoxy) is 1. The number of hydrogen-bond donors (Lipinski definition) is 1. The molecule has 6 heteroatoms. The number of nitrogens with zero attached hydrogens (tertiary/aromatic N) is 2. The number of likely N-dealkylation sites (tertiary alicyclic amines) is 1. The molecule has 0 aliphatic carbocycles. The molecule has 0 atom stereocenters. The van der Waals surface area contributed by atoms with Gasteiger partial charge in [0.1, 0.15) is 23.1 Å². The highest BCUT2D eigenvalue weighted by atomic mass is 32.1. The van der Waals surface area contributed by atoms with Crippen LogP contribution in [0.4, 0.5) is 0 Å². The summed E-state index contributed by atoms with van der Waals surface area (Å²) in [7, 11) is 0. The number of amides is 1. The van der Waals surface area contributed by atoms with Crippen LogP contribution in [0.5, 0.6) is 5.75 Å². The molecule has 0 radical (unpaired) electrons. The Morgan fingerprint density at radius 3 is 2.59 bits per heavy atom. The lowest BCUT2D eigenvalue weighted by Gasteiger charge is -2.14. The van der Waals surface area contributed by atoms with Crippen LogP contribution >= 0.6 is 11.3 Å². The van der Waals surface area contributed by atoms with Gasteiger partial charge < -0.3 is 15.0 Å². The standard InChI is InChI=1S/C23H25N3O2S/c27-22(24-12-15-26-13-4-5-14-26)21-17-29-23(25-21)19-8-10-20(11-9-19)28-16-18-6-2-1-3-7-18/h1-3,6-11,17H,4-5,12-16H2,(H,24,27). The summed E-state index contributed by atoms with van der Waals surface area (Å²) in [4.78, 5) is 19.2. The molecule has 4 rings (SSSR count). The van der Waals surface area contributed by atoms with E-state index >= 15 is 0 Å². The van der Waals surface area contributed by atoms with Crippen molar-refractivity contribution in [2.24, 2.45) is 0 Å². The maximum absolute atomic E-state index is 12.3. The number of rotatable bonds is 8. The Morgan fingerprint density at radius 1 is 1.07 bits per heavy atom. The molecular formula is C23H25N3O2S. The van der Waals surface area contributed by atoms with Crippen LogP contribution in [0.25, 0.3) is 10.6 Å². The second-order valence-electron chi connectivity index (χ2n) is 7.14. The average Bonchev–Trinajstić information content (AvgIpc) is 3.46. The summed E-state index contributed by atoms with van der Waals surface area (Å²) in [6, 6.07) is 17.9. The van der Waals surface area contributed by atoms with Gasteiger partial charge in [-0.05, 0) is 55.8 Å². The Kier molecular flexibility index (Phi) is 6.54. The summed E-state index contributed by atoms with van der Waals surface area (Å²) in [5.74, 6) is 0.712. The highest BCUT2D eigenvalue weighted by Crippen LogP contribution is 2.26. The number of aromatic nitrogens is 1. The van der Waals surface area contributed by atoms with Crippen LogP contribution in [0.15, 0.2) is 60.0 Å². The summed E-state index contributed by atoms with van der Waals surface area (Å²) in [6.45, 7) is 4.40. The maximum atomic E-state index is 12.3. The molecule has 0 spiro atoms. The van der Waals surface area contributed by atoms with Gasteiger partial charge in [-0.1, -0.05) is 30.3 Å². The molecule has 1 aliphatic heterocycles. The first-order valence-electron chi connectivity index (χ1n) is 10.0. The molecule has 0 unspecified atom stereocenters. The summed E-state index contributed by atoms with van der Waals surface area (Å²) < 4.78 is 5.83. The first kappa shape index (κ1) is 19.6. The Morgan fingerprint density at radius 2 is 1.83 bits per heavy atom. The van der Waals surface area contributed by atoms with E-state index in [9.17, 15) is 4.79 Å². The van der Waals surface area contributed by atoms with E-state index in [4.69, 9.17) is 4.74 Å². The molecule has 29 heavy (non-hydrogen) atoms. The van der Waals surface area contributed by atoms with E-state index in [0.29, 0.717) is 18.8 Å². The minimum Gasteiger partial charge on any atom is -0.489 e. The molecule has 2 heterocycles. The van der Waals surface area contributed by atoms with Crippen LogP contribution in [0.1, 0.15) is 28.9 Å². The second-order valence-corrected chi connectivity index (χ2v) is 8.00. The fraction of sp³-hybridized carbons (Fsp3) is 0.304. The van der Waals surface area contributed by atoms with E-state index in [-0.39, 0.29) is 5.91 Å². The van der Waals surface area contributed by atoms with Crippen molar-refractivity contribution < 1.29 is 9.53 Å². The monoisotopic (exact) mass is 407 g/mol. The predicted octanol–water partition coefficient (Wildman–Crippen LogP) is 4.21. The second kappa shape index (κ2) is 9.67. The van der Waals surface area contributed by atoms with Gasteiger partial charge in [-0.15, -0.1) is 11.3 Å². The van der Waals surface area contributed by atoms with Crippen molar-refractivity contribution in [2.75, 3.05) is 26.2 Å². The maximum Gasteiger partial charge on any atom is 0.270 e. The van der Waals surface area contributed by atoms with Gasteiger partial charge in [-0.2, -0.15) is 0 Å². The fourth-order valence-corrected chi connectivity index (χ4v) is 4.18. The number of hydrogen-bond acceptors (Lipinski definition) is 5. The molecule has 0 saturated carbocycles. The zero-order valence-electron chi connectivity index (χ0n) is 16.3. The van der Waals surface area contributed by atoms with Gasteiger partial charge >= 0.3 is 0 Å². The average molecular weight is 408 g/mol. The SMILES string of the molecule is O=C(NCCN1CCCC1)c1csc(-c2ccc(OCc3ccccc3)cc2)n1. The molecule has 2 aromatic carbocycles. The van der Waals surface area contributed by atoms with Gasteiger partial charge in [0.2, 0.25) is 0 Å². The van der Waals surface area contributed by atoms with Crippen LogP contribution in [0.3, 0.4) is 0 Å². The zero-order chi connectivity index (χ0) is 19.9. The van der Waals surface area contributed by atoms with Crippen LogP contribution in [0, 0.1) is 0 Å². The van der Waals surface area contributed by atoms with Crippen LogP contribution < -0.4 is 10.1 Å². The molecule has 1 amide bonds. The van der Waals surface area contributed by atoms with Gasteiger partial charge in [0.15, 0.2) is 0 Å². The topological polar surface area (TPSA) is 54.5 Å². The Labute approximate surface area is 175 Å². The van der Waals surface area contributed by atoms with E-state index in [0.717, 1.165) is 41.5 Å². The predicted molar refractivity (Wildman–Crippen MR) is 116 cm³/mol. The van der Waals surface area contributed by atoms with Gasteiger partial charge in [0.05, 0.1) is 0 Å². The third kappa shape index (κ3) is 5.43. The molecule has 1 N–H and O–H groups in total. The molecular weight excluding hydrogens is 382 g/mol. The molecule has 5 nitrogen and oxygen atoms in total. The highest BCUT2D eigenvalue weighted by Gasteiger charge is 2.14. The largest absolute Gasteiger partial charge is 0.489 e. The van der Waals surface area contributed by atoms with E-state index in [1.165, 1.54) is 24.2 Å². The number of nitrogens with one attached hydrogen (secondary N) is 1. The molecule has 1 saturated heterocycles. The third-order valence-electron chi connectivity index (χ3n) is 5.00. The summed E-state index contributed by atoms with van der Waals surface area (Å²) in [5, 5.41) is 5.63. The Hall–Kier alpha value is -2.70. The minimum atomic E-state index is -0.102. The molecule has 1 aromatic heterocycles. The van der Waals surface area contributed by atoms with Gasteiger partial charge in [0, 0.05) is 24.0 Å². The van der Waals surface area contributed by atoms with Crippen LogP contribution in [0.2, 0.25) is 0 Å². The van der Waals surface area contributed by atoms with E-state index < -0.39 is 0 Å². The van der Waals surface area contributed by atoms with Crippen molar-refractivity contribution in [3.8, 4) is 16.3 Å². The molecule has 3 aromatic rings. The Bertz CT molecular complexity index is 919. The van der Waals surface area contributed by atoms with Gasteiger partial charge in [0.25, 0.3) is 5.91 Å². The lowest BCUT2D eigenvalue weighted by Crippen LogP contribution is -2.33. The third-order valence-corrected chi connectivity index (χ3v) is 5.89. The first-order chi connectivity index (χ1) is 14.3. The van der Waals surface area contributed by atoms with Crippen molar-refractivity contribution in [3.05, 3.63) is 71.2 Å². The number of thiazole rings is 1. The Balaban J connectivity index is 1.29. The molecule has 1 fully saturated rings. The fourth-order valence-electron chi connectivity index (χ4n) is 3.37. The molecule has 150 valence electrons. The first-order valence-corrected chi connectivity index (χ1v) is 10.9. The normalized spacial score (nSPS) is 14.1. The van der Waals surface area contributed by atoms with Crippen molar-refractivity contribution in [3.63, 3.8) is 0 Å². The van der Waals surface area contributed by atoms with Crippen molar-refractivity contribution in [1.29, 1.82) is 0 Å². The van der Waals surface area contributed by atoms with Gasteiger partial charge in [-0.25, -0.2) is 4.98 Å². The summed E-state index contributed by atoms with van der Waals surface area (Å²) >= 11 is 1.48. The zero-order valence-corrected chi connectivity index (χ0v) is 17.2.